The van der Waals surface area contributed by atoms with Gasteiger partial charge in [0, 0.05) is 0 Å². The van der Waals surface area contributed by atoms with E-state index in [1.165, 1.54) is 10.6 Å². The van der Waals surface area contributed by atoms with Crippen LogP contribution in [0.2, 0.25) is 0 Å². The van der Waals surface area contributed by atoms with Crippen LogP contribution in [0.4, 0.5) is 0 Å². The molecule has 1 aromatic rings. The fourth-order valence-electron chi connectivity index (χ4n) is 0.460. The smallest absolute Gasteiger partial charge is 0.0111 e. The summed E-state index contributed by atoms with van der Waals surface area (Å²) in [5, 5.41) is 1.46. The molecule has 0 radical (unpaired) electrons. The topological polar surface area (TPSA) is 0 Å². The normalized spacial score (nSPS) is 10.6. The molecular weight excluding hydrogens is 122 g/mol. The molecule has 0 nitrogen and oxygen atoms in total. The van der Waals surface area contributed by atoms with Crippen molar-refractivity contribution in [2.45, 2.75) is 6.92 Å². The van der Waals surface area contributed by atoms with Crippen molar-refractivity contribution in [3.63, 3.8) is 0 Å². The van der Waals surface area contributed by atoms with Gasteiger partial charge in [-0.25, -0.2) is 0 Å². The monoisotopic (exact) mass is 130 g/mol. The van der Waals surface area contributed by atoms with E-state index in [0.29, 0.717) is 0 Å². The van der Waals surface area contributed by atoms with Gasteiger partial charge in [-0.3, -0.25) is 0 Å². The largest absolute Gasteiger partial charge is 0.132 e. The molecule has 2 unspecified atom stereocenters. The molecule has 1 heterocycles. The second-order valence-corrected chi connectivity index (χ2v) is 3.89. The first-order chi connectivity index (χ1) is 3.30. The molecule has 0 N–H and O–H groups in total. The molecule has 0 spiro atoms. The van der Waals surface area contributed by atoms with Crippen molar-refractivity contribution in [3.05, 3.63) is 17.4 Å². The van der Waals surface area contributed by atoms with Gasteiger partial charge in [0.2, 0.25) is 0 Å². The summed E-state index contributed by atoms with van der Waals surface area (Å²) in [5.41, 5.74) is 1.42. The predicted octanol–water partition coefficient (Wildman–Crippen LogP) is 1.53. The minimum absolute atomic E-state index is 0.925. The summed E-state index contributed by atoms with van der Waals surface area (Å²) < 4.78 is 0. The van der Waals surface area contributed by atoms with Crippen molar-refractivity contribution in [2.24, 2.45) is 0 Å². The van der Waals surface area contributed by atoms with Gasteiger partial charge in [0.15, 0.2) is 0 Å². The number of hydrogen-bond donors (Lipinski definition) is 0. The lowest BCUT2D eigenvalue weighted by molar-refractivity contribution is 1.59. The Hall–Kier alpha value is 0.210. The van der Waals surface area contributed by atoms with Crippen molar-refractivity contribution in [1.82, 2.24) is 0 Å². The molecule has 0 aliphatic heterocycles. The van der Waals surface area contributed by atoms with E-state index in [1.807, 2.05) is 0 Å². The third-order valence-corrected chi connectivity index (χ3v) is 2.99. The van der Waals surface area contributed by atoms with Crippen LogP contribution in [0.5, 0.6) is 0 Å². The van der Waals surface area contributed by atoms with Crippen LogP contribution in [-0.4, -0.2) is 0 Å². The average Bonchev–Trinajstić information content (AvgIpc) is 1.91. The van der Waals surface area contributed by atoms with E-state index in [2.05, 4.69) is 28.0 Å². The van der Waals surface area contributed by atoms with Gasteiger partial charge in [-0.05, 0) is 23.3 Å². The summed E-state index contributed by atoms with van der Waals surface area (Å²) in [6, 6.07) is 2.17. The molecule has 0 fully saturated rings. The molecule has 0 aliphatic rings. The zero-order valence-electron chi connectivity index (χ0n) is 4.23. The maximum atomic E-state index is 2.74. The highest BCUT2D eigenvalue weighted by Crippen LogP contribution is 2.09. The molecule has 0 saturated carbocycles. The Bertz CT molecular complexity index is 138. The molecule has 7 heavy (non-hydrogen) atoms. The van der Waals surface area contributed by atoms with E-state index in [-0.39, 0.29) is 0 Å². The molecule has 1 rings (SSSR count). The Morgan fingerprint density at radius 1 is 1.71 bits per heavy atom. The maximum Gasteiger partial charge on any atom is -0.0111 e. The zero-order valence-corrected chi connectivity index (χ0v) is 6.39. The summed E-state index contributed by atoms with van der Waals surface area (Å²) >= 11 is 0. The third-order valence-electron chi connectivity index (χ3n) is 0.997. The Kier molecular flexibility index (Phi) is 1.52. The van der Waals surface area contributed by atoms with E-state index in [1.54, 1.807) is 0 Å². The van der Waals surface area contributed by atoms with Gasteiger partial charge in [-0.2, -0.15) is 0 Å². The van der Waals surface area contributed by atoms with Crippen LogP contribution in [0, 0.1) is 6.92 Å². The fraction of sp³-hybridized carbons (Fsp3) is 0.200. The van der Waals surface area contributed by atoms with E-state index >= 15 is 0 Å². The van der Waals surface area contributed by atoms with E-state index in [9.17, 15) is 0 Å². The summed E-state index contributed by atoms with van der Waals surface area (Å²) in [6.45, 7) is 2.14. The van der Waals surface area contributed by atoms with Crippen LogP contribution in [0.1, 0.15) is 5.56 Å². The minimum atomic E-state index is 0.925. The first-order valence-electron chi connectivity index (χ1n) is 2.20. The third kappa shape index (κ3) is 1.06. The molecular formula is C5H8P2. The van der Waals surface area contributed by atoms with Crippen LogP contribution in [-0.2, 0) is 0 Å². The first kappa shape index (κ1) is 5.35. The maximum absolute atomic E-state index is 2.74. The molecule has 2 atom stereocenters. The quantitative estimate of drug-likeness (QED) is 0.467. The highest BCUT2D eigenvalue weighted by atomic mass is 31.1. The SMILES string of the molecule is Cc1cc[pH]c1P. The highest BCUT2D eigenvalue weighted by molar-refractivity contribution is 7.51. The van der Waals surface area contributed by atoms with E-state index < -0.39 is 0 Å². The Morgan fingerprint density at radius 2 is 2.43 bits per heavy atom. The molecule has 2 heteroatoms. The van der Waals surface area contributed by atoms with Crippen LogP contribution in [0.25, 0.3) is 0 Å². The molecule has 0 amide bonds. The van der Waals surface area contributed by atoms with Crippen molar-refractivity contribution in [2.75, 3.05) is 0 Å². The van der Waals surface area contributed by atoms with Crippen LogP contribution >= 0.6 is 17.4 Å². The van der Waals surface area contributed by atoms with Crippen LogP contribution in [0.15, 0.2) is 11.9 Å². The Balaban J connectivity index is 3.12. The molecule has 38 valence electrons. The lowest BCUT2D eigenvalue weighted by atomic mass is 10.4. The van der Waals surface area contributed by atoms with Gasteiger partial charge >= 0.3 is 0 Å². The van der Waals surface area contributed by atoms with Gasteiger partial charge in [-0.15, -0.1) is 17.4 Å². The van der Waals surface area contributed by atoms with Gasteiger partial charge in [0.05, 0.1) is 0 Å². The van der Waals surface area contributed by atoms with Crippen molar-refractivity contribution in [1.29, 1.82) is 0 Å². The minimum Gasteiger partial charge on any atom is -0.132 e. The summed E-state index contributed by atoms with van der Waals surface area (Å²) in [7, 11) is 3.67. The molecule has 0 aromatic carbocycles. The molecule has 1 aromatic heterocycles. The Morgan fingerprint density at radius 3 is 2.57 bits per heavy atom. The lowest BCUT2D eigenvalue weighted by Gasteiger charge is -1.81. The van der Waals surface area contributed by atoms with Gasteiger partial charge in [0.1, 0.15) is 0 Å². The van der Waals surface area contributed by atoms with Crippen LogP contribution < -0.4 is 5.04 Å². The standard InChI is InChI=1S/C5H8P2/c1-4-2-3-7-5(4)6/h2-3,7H,6H2,1H3. The Labute approximate surface area is 47.6 Å². The summed E-state index contributed by atoms with van der Waals surface area (Å²) in [5.74, 6) is 2.21. The lowest BCUT2D eigenvalue weighted by Crippen LogP contribution is -1.80. The van der Waals surface area contributed by atoms with Crippen molar-refractivity contribution >= 4 is 22.5 Å². The molecule has 0 bridgehead atoms. The first-order valence-corrected chi connectivity index (χ1v) is 3.85. The van der Waals surface area contributed by atoms with Crippen molar-refractivity contribution < 1.29 is 0 Å². The summed E-state index contributed by atoms with van der Waals surface area (Å²) in [6.07, 6.45) is 0. The number of aryl methyl sites for hydroxylation is 1. The van der Waals surface area contributed by atoms with Gasteiger partial charge in [-0.1, -0.05) is 6.07 Å². The van der Waals surface area contributed by atoms with Gasteiger partial charge < -0.3 is 0 Å². The average molecular weight is 130 g/mol. The second kappa shape index (κ2) is 1.99. The van der Waals surface area contributed by atoms with Crippen molar-refractivity contribution in [3.8, 4) is 0 Å². The zero-order chi connectivity index (χ0) is 5.28. The second-order valence-electron chi connectivity index (χ2n) is 1.57. The number of hydrogen-bond acceptors (Lipinski definition) is 0. The predicted molar refractivity (Wildman–Crippen MR) is 40.0 cm³/mol. The van der Waals surface area contributed by atoms with Gasteiger partial charge in [0.25, 0.3) is 0 Å². The fourth-order valence-corrected chi connectivity index (χ4v) is 1.67. The van der Waals surface area contributed by atoms with E-state index in [4.69, 9.17) is 0 Å². The molecule has 0 aliphatic carbocycles. The summed E-state index contributed by atoms with van der Waals surface area (Å²) in [4.78, 5) is 0. The van der Waals surface area contributed by atoms with Crippen LogP contribution in [0.3, 0.4) is 0 Å². The number of rotatable bonds is 0. The molecule has 0 saturated heterocycles. The highest BCUT2D eigenvalue weighted by Gasteiger charge is 1.85. The van der Waals surface area contributed by atoms with E-state index in [0.717, 1.165) is 8.19 Å².